The smallest absolute Gasteiger partial charge is 0.570 e. The molecule has 0 saturated heterocycles. The molecule has 0 radical (unpaired) electrons. The van der Waals surface area contributed by atoms with Crippen LogP contribution in [-0.4, -0.2) is 13.5 Å². The second-order valence-electron chi connectivity index (χ2n) is 1.81. The van der Waals surface area contributed by atoms with Crippen LogP contribution in [0.25, 0.3) is 0 Å². The Morgan fingerprint density at radius 1 is 1.27 bits per heavy atom. The van der Waals surface area contributed by atoms with Crippen LogP contribution >= 0.6 is 0 Å². The summed E-state index contributed by atoms with van der Waals surface area (Å²) < 4.78 is 4.59. The summed E-state index contributed by atoms with van der Waals surface area (Å²) in [5.74, 6) is 3.34. The molecule has 0 atom stereocenters. The number of hydrogen-bond acceptors (Lipinski definition) is 4. The van der Waals surface area contributed by atoms with Crippen LogP contribution in [0.3, 0.4) is 0 Å². The summed E-state index contributed by atoms with van der Waals surface area (Å²) in [5, 5.41) is 25.0. The first-order valence-electron chi connectivity index (χ1n) is 2.65. The van der Waals surface area contributed by atoms with E-state index in [-0.39, 0.29) is 57.7 Å². The summed E-state index contributed by atoms with van der Waals surface area (Å²) >= 11 is 0. The molecule has 0 rings (SSSR count). The Hall–Kier alpha value is 0.131. The van der Waals surface area contributed by atoms with Gasteiger partial charge in [0.25, 0.3) is 0 Å². The molecule has 0 bridgehead atoms. The molecule has 0 unspecified atom stereocenters. The average Bonchev–Trinajstić information content (AvgIpc) is 2.01. The van der Waals surface area contributed by atoms with Crippen molar-refractivity contribution in [1.29, 1.82) is 15.8 Å². The molecular weight excluding hydrogens is 168 g/mol. The van der Waals surface area contributed by atoms with E-state index < -0.39 is 6.35 Å². The monoisotopic (exact) mass is 173 g/mol. The fourth-order valence-corrected chi connectivity index (χ4v) is 0.437. The first-order valence-corrected chi connectivity index (χ1v) is 2.65. The van der Waals surface area contributed by atoms with Gasteiger partial charge in [-0.25, -0.2) is 15.8 Å². The molecule has 0 amide bonds. The van der Waals surface area contributed by atoms with Gasteiger partial charge in [0, 0.05) is 6.07 Å². The van der Waals surface area contributed by atoms with Crippen LogP contribution in [0.2, 0.25) is 6.32 Å². The summed E-state index contributed by atoms with van der Waals surface area (Å²) in [6, 6.07) is 1.72. The fourth-order valence-electron chi connectivity index (χ4n) is 0.437. The summed E-state index contributed by atoms with van der Waals surface area (Å²) in [4.78, 5) is 0. The molecule has 11 heavy (non-hydrogen) atoms. The molecule has 0 spiro atoms. The first kappa shape index (κ1) is 13.7. The van der Waals surface area contributed by atoms with E-state index in [0.717, 1.165) is 0 Å². The van der Waals surface area contributed by atoms with E-state index in [1.54, 1.807) is 18.0 Å². The van der Waals surface area contributed by atoms with Crippen LogP contribution < -0.4 is 51.4 Å². The normalized spacial score (nSPS) is 8.18. The van der Waals surface area contributed by atoms with Gasteiger partial charge in [-0.3, -0.25) is 0 Å². The van der Waals surface area contributed by atoms with Crippen molar-refractivity contribution in [2.24, 2.45) is 0 Å². The fraction of sp³-hybridized carbons (Fsp3) is 0.400. The molecule has 0 aromatic rings. The Kier molecular flexibility index (Phi) is 8.49. The van der Waals surface area contributed by atoms with Crippen molar-refractivity contribution < 1.29 is 56.0 Å². The molecule has 50 valence electrons. The molecule has 0 aromatic heterocycles. The van der Waals surface area contributed by atoms with Gasteiger partial charge in [0.1, 0.15) is 0 Å². The molecule has 6 heteroatoms. The first-order chi connectivity index (χ1) is 4.74. The third-order valence-electron chi connectivity index (χ3n) is 1.20. The van der Waals surface area contributed by atoms with Crippen molar-refractivity contribution >= 4 is 6.35 Å². The van der Waals surface area contributed by atoms with Gasteiger partial charge in [-0.1, -0.05) is 0 Å². The van der Waals surface area contributed by atoms with Crippen LogP contribution in [0.1, 0.15) is 0 Å². The molecule has 0 saturated carbocycles. The van der Waals surface area contributed by atoms with Gasteiger partial charge in [0.2, 0.25) is 0 Å². The van der Waals surface area contributed by atoms with Crippen LogP contribution in [0.15, 0.2) is 0 Å². The molecule has 0 aliphatic rings. The largest absolute Gasteiger partial charge is 1.00 e. The zero-order valence-corrected chi connectivity index (χ0v) is 9.66. The van der Waals surface area contributed by atoms with E-state index in [4.69, 9.17) is 15.8 Å². The molecule has 0 aliphatic carbocycles. The maximum atomic E-state index is 8.39. The van der Waals surface area contributed by atoms with Crippen molar-refractivity contribution in [3.05, 3.63) is 0 Å². The predicted molar refractivity (Wildman–Crippen MR) is 34.4 cm³/mol. The molecule has 0 aliphatic heterocycles. The van der Waals surface area contributed by atoms with E-state index in [1.807, 2.05) is 0 Å². The quantitative estimate of drug-likeness (QED) is 0.423. The molecule has 0 aromatic carbocycles. The van der Waals surface area contributed by atoms with Crippen LogP contribution in [0.4, 0.5) is 0 Å². The molecule has 0 fully saturated rings. The Balaban J connectivity index is 0. The Morgan fingerprint density at radius 2 is 1.73 bits per heavy atom. The van der Waals surface area contributed by atoms with Crippen molar-refractivity contribution in [1.82, 2.24) is 0 Å². The number of rotatable bonds is 2. The van der Waals surface area contributed by atoms with Crippen molar-refractivity contribution in [2.45, 2.75) is 6.32 Å². The summed E-state index contributed by atoms with van der Waals surface area (Å²) in [5.41, 5.74) is 0. The van der Waals surface area contributed by atoms with Gasteiger partial charge in [0.05, 0.1) is 0 Å². The Labute approximate surface area is 108 Å². The van der Waals surface area contributed by atoms with Crippen molar-refractivity contribution in [2.75, 3.05) is 7.11 Å². The Bertz CT molecular complexity index is 222. The van der Waals surface area contributed by atoms with Crippen LogP contribution in [0, 0.1) is 33.8 Å². The third-order valence-corrected chi connectivity index (χ3v) is 1.20. The minimum Gasteiger partial charge on any atom is -0.570 e. The molecule has 4 nitrogen and oxygen atoms in total. The van der Waals surface area contributed by atoms with Gasteiger partial charge in [0.15, 0.2) is 0 Å². The maximum Gasteiger partial charge on any atom is 1.00 e. The third kappa shape index (κ3) is 3.88. The van der Waals surface area contributed by atoms with E-state index in [1.165, 1.54) is 7.11 Å². The second-order valence-corrected chi connectivity index (χ2v) is 1.81. The molecular formula is C5H5BKN3O. The number of nitriles is 3. The predicted octanol–water partition coefficient (Wildman–Crippen LogP) is -2.77. The second kappa shape index (κ2) is 6.82. The van der Waals surface area contributed by atoms with Crippen LogP contribution in [-0.2, 0) is 4.65 Å². The van der Waals surface area contributed by atoms with Gasteiger partial charge in [-0.15, -0.1) is 11.9 Å². The van der Waals surface area contributed by atoms with E-state index in [9.17, 15) is 0 Å². The van der Waals surface area contributed by atoms with Crippen molar-refractivity contribution in [3.63, 3.8) is 0 Å². The number of hydrogen-bond donors (Lipinski definition) is 0. The molecule has 0 heterocycles. The van der Waals surface area contributed by atoms with Crippen molar-refractivity contribution in [3.8, 4) is 18.0 Å². The zero-order chi connectivity index (χ0) is 8.04. The standard InChI is InChI=1S/C5H5BN3O.K/c1-10-6(4-8,5-9)2-3-7;/h2H2,1H3;/q-1;+1. The van der Waals surface area contributed by atoms with E-state index in [2.05, 4.69) is 4.65 Å². The van der Waals surface area contributed by atoms with E-state index >= 15 is 0 Å². The summed E-state index contributed by atoms with van der Waals surface area (Å²) in [7, 11) is 1.25. The minimum atomic E-state index is -2.20. The minimum absolute atomic E-state index is 0. The molecule has 0 N–H and O–H groups in total. The van der Waals surface area contributed by atoms with Gasteiger partial charge in [-0.05, 0) is 13.4 Å². The Morgan fingerprint density at radius 3 is 1.82 bits per heavy atom. The van der Waals surface area contributed by atoms with Gasteiger partial charge < -0.3 is 4.65 Å². The topological polar surface area (TPSA) is 80.6 Å². The summed E-state index contributed by atoms with van der Waals surface area (Å²) in [6.07, 6.45) is -2.36. The number of nitrogens with zero attached hydrogens (tertiary/aromatic N) is 3. The van der Waals surface area contributed by atoms with Gasteiger partial charge >= 0.3 is 57.7 Å². The van der Waals surface area contributed by atoms with Gasteiger partial charge in [-0.2, -0.15) is 0 Å². The summed E-state index contributed by atoms with van der Waals surface area (Å²) in [6.45, 7) is 0. The van der Waals surface area contributed by atoms with Crippen LogP contribution in [0.5, 0.6) is 0 Å². The maximum absolute atomic E-state index is 8.39. The zero-order valence-electron chi connectivity index (χ0n) is 6.53. The SMILES string of the molecule is CO[B-](C#N)(C#N)CC#N.[K+]. The van der Waals surface area contributed by atoms with E-state index in [0.29, 0.717) is 0 Å². The average molecular weight is 173 g/mol.